The van der Waals surface area contributed by atoms with Gasteiger partial charge in [-0.25, -0.2) is 4.57 Å². The monoisotopic (exact) mass is 618 g/mol. The number of esters is 1. The minimum atomic E-state index is -5.00. The SMILES string of the molecule is CC/C=C/C/C=C/C/C=C/C/C=C/C/C=C/CCCC(=O)OCC(O)COP(=O)(O)OC1C(O)C(O)C(O)C(O)C1O. The predicted molar refractivity (Wildman–Crippen MR) is 156 cm³/mol. The summed E-state index contributed by atoms with van der Waals surface area (Å²) in [5, 5.41) is 58.5. The molecular weight excluding hydrogens is 571 g/mol. The molecule has 0 saturated heterocycles. The fourth-order valence-electron chi connectivity index (χ4n) is 3.73. The van der Waals surface area contributed by atoms with Gasteiger partial charge < -0.3 is 40.3 Å². The van der Waals surface area contributed by atoms with Crippen molar-refractivity contribution >= 4 is 13.8 Å². The molecule has 1 rings (SSSR count). The van der Waals surface area contributed by atoms with Gasteiger partial charge in [0.1, 0.15) is 49.3 Å². The molecular formula is C29H47O12P. The molecule has 0 spiro atoms. The second kappa shape index (κ2) is 21.7. The van der Waals surface area contributed by atoms with Gasteiger partial charge in [0.25, 0.3) is 0 Å². The van der Waals surface area contributed by atoms with Gasteiger partial charge in [0.15, 0.2) is 0 Å². The second-order valence-corrected chi connectivity index (χ2v) is 11.1. The molecule has 0 amide bonds. The lowest BCUT2D eigenvalue weighted by molar-refractivity contribution is -0.220. The molecule has 0 aromatic carbocycles. The molecule has 13 heteroatoms. The van der Waals surface area contributed by atoms with E-state index in [0.29, 0.717) is 12.8 Å². The molecule has 6 unspecified atom stereocenters. The highest BCUT2D eigenvalue weighted by atomic mass is 31.2. The van der Waals surface area contributed by atoms with Crippen LogP contribution in [0.1, 0.15) is 58.3 Å². The van der Waals surface area contributed by atoms with Gasteiger partial charge in [-0.05, 0) is 44.9 Å². The van der Waals surface area contributed by atoms with Crippen molar-refractivity contribution < 1.29 is 58.7 Å². The Labute approximate surface area is 247 Å². The van der Waals surface area contributed by atoms with Crippen molar-refractivity contribution in [2.45, 2.75) is 101 Å². The minimum Gasteiger partial charge on any atom is -0.463 e. The minimum absolute atomic E-state index is 0.109. The number of aliphatic hydroxyl groups excluding tert-OH is 6. The summed E-state index contributed by atoms with van der Waals surface area (Å²) >= 11 is 0. The van der Waals surface area contributed by atoms with E-state index >= 15 is 0 Å². The molecule has 0 aliphatic heterocycles. The fourth-order valence-corrected chi connectivity index (χ4v) is 4.71. The third-order valence-corrected chi connectivity index (χ3v) is 7.09. The highest BCUT2D eigenvalue weighted by molar-refractivity contribution is 7.47. The summed E-state index contributed by atoms with van der Waals surface area (Å²) in [4.78, 5) is 21.7. The highest BCUT2D eigenvalue weighted by Crippen LogP contribution is 2.47. The molecule has 1 aliphatic carbocycles. The van der Waals surface area contributed by atoms with E-state index in [-0.39, 0.29) is 6.42 Å². The molecule has 1 aliphatic rings. The Balaban J connectivity index is 2.16. The molecule has 0 heterocycles. The van der Waals surface area contributed by atoms with Gasteiger partial charge >= 0.3 is 13.8 Å². The molecule has 1 fully saturated rings. The van der Waals surface area contributed by atoms with Crippen LogP contribution in [-0.4, -0.2) is 97.4 Å². The van der Waals surface area contributed by atoms with Crippen LogP contribution in [0.2, 0.25) is 0 Å². The second-order valence-electron chi connectivity index (χ2n) is 9.72. The zero-order valence-electron chi connectivity index (χ0n) is 24.0. The van der Waals surface area contributed by atoms with Crippen molar-refractivity contribution in [2.75, 3.05) is 13.2 Å². The lowest BCUT2D eigenvalue weighted by Gasteiger charge is -2.41. The number of rotatable bonds is 20. The van der Waals surface area contributed by atoms with E-state index in [4.69, 9.17) is 4.74 Å². The summed E-state index contributed by atoms with van der Waals surface area (Å²) in [7, 11) is -5.00. The molecule has 240 valence electrons. The maximum absolute atomic E-state index is 12.1. The van der Waals surface area contributed by atoms with E-state index in [2.05, 4.69) is 64.6 Å². The summed E-state index contributed by atoms with van der Waals surface area (Å²) in [5.74, 6) is -0.570. The number of carbonyl (C=O) groups is 1. The van der Waals surface area contributed by atoms with Crippen LogP contribution >= 0.6 is 7.82 Å². The van der Waals surface area contributed by atoms with Gasteiger partial charge in [0.05, 0.1) is 6.61 Å². The molecule has 6 atom stereocenters. The van der Waals surface area contributed by atoms with Crippen molar-refractivity contribution in [3.8, 4) is 0 Å². The standard InChI is InChI=1S/C29H47O12P/c1-2-3-4-5-6-7-8-9-10-11-12-13-14-15-16-17-18-19-23(31)39-20-22(30)21-40-42(37,38)41-29-27(35)25(33)24(32)26(34)28(29)36/h3-4,6-7,9-10,12-13,15-16,22,24-30,32-36H,2,5,8,11,14,17-21H2,1H3,(H,37,38)/b4-3+,7-6+,10-9+,13-12+,16-15+. The topological polar surface area (TPSA) is 203 Å². The first kappa shape index (κ1) is 38.1. The van der Waals surface area contributed by atoms with E-state index in [1.165, 1.54) is 0 Å². The van der Waals surface area contributed by atoms with Gasteiger partial charge in [-0.3, -0.25) is 13.8 Å². The number of allylic oxidation sites excluding steroid dienone is 10. The molecule has 1 saturated carbocycles. The third-order valence-electron chi connectivity index (χ3n) is 6.10. The predicted octanol–water partition coefficient (Wildman–Crippen LogP) is 2.13. The number of hydrogen-bond acceptors (Lipinski definition) is 11. The number of carbonyl (C=O) groups excluding carboxylic acids is 1. The normalized spacial score (nSPS) is 27.5. The summed E-state index contributed by atoms with van der Waals surface area (Å²) in [6.45, 7) is 0.802. The maximum atomic E-state index is 12.1. The molecule has 7 N–H and O–H groups in total. The quantitative estimate of drug-likeness (QED) is 0.0454. The van der Waals surface area contributed by atoms with E-state index in [1.807, 2.05) is 12.2 Å². The van der Waals surface area contributed by atoms with Gasteiger partial charge in [-0.2, -0.15) is 0 Å². The van der Waals surface area contributed by atoms with Crippen LogP contribution in [-0.2, 0) is 23.1 Å². The number of phosphoric acid groups is 1. The van der Waals surface area contributed by atoms with Crippen molar-refractivity contribution in [1.29, 1.82) is 0 Å². The Hall–Kier alpha value is -1.96. The van der Waals surface area contributed by atoms with Gasteiger partial charge in [-0.15, -0.1) is 0 Å². The summed E-state index contributed by atoms with van der Waals surface area (Å²) in [6, 6.07) is 0. The van der Waals surface area contributed by atoms with Crippen LogP contribution in [0.15, 0.2) is 60.8 Å². The molecule has 0 aromatic rings. The first-order valence-electron chi connectivity index (χ1n) is 14.1. The first-order valence-corrected chi connectivity index (χ1v) is 15.6. The average molecular weight is 619 g/mol. The zero-order chi connectivity index (χ0) is 31.4. The average Bonchev–Trinajstić information content (AvgIpc) is 2.96. The van der Waals surface area contributed by atoms with Crippen molar-refractivity contribution in [1.82, 2.24) is 0 Å². The Morgan fingerprint density at radius 1 is 0.738 bits per heavy atom. The van der Waals surface area contributed by atoms with Crippen LogP contribution in [0.3, 0.4) is 0 Å². The lowest BCUT2D eigenvalue weighted by atomic mass is 9.85. The Morgan fingerprint density at radius 2 is 1.19 bits per heavy atom. The molecule has 0 aromatic heterocycles. The largest absolute Gasteiger partial charge is 0.472 e. The Morgan fingerprint density at radius 3 is 1.69 bits per heavy atom. The lowest BCUT2D eigenvalue weighted by Crippen LogP contribution is -2.64. The van der Waals surface area contributed by atoms with Crippen molar-refractivity contribution in [2.24, 2.45) is 0 Å². The summed E-state index contributed by atoms with van der Waals surface area (Å²) < 4.78 is 26.3. The fraction of sp³-hybridized carbons (Fsp3) is 0.621. The van der Waals surface area contributed by atoms with Gasteiger partial charge in [0, 0.05) is 6.42 Å². The summed E-state index contributed by atoms with van der Waals surface area (Å²) in [5.41, 5.74) is 0. The van der Waals surface area contributed by atoms with E-state index in [9.17, 15) is 44.9 Å². The number of phosphoric ester groups is 1. The molecule has 42 heavy (non-hydrogen) atoms. The highest BCUT2D eigenvalue weighted by Gasteiger charge is 2.51. The van der Waals surface area contributed by atoms with E-state index in [0.717, 1.165) is 32.1 Å². The Kier molecular flexibility index (Phi) is 19.7. The van der Waals surface area contributed by atoms with Crippen LogP contribution in [0.4, 0.5) is 0 Å². The number of unbranched alkanes of at least 4 members (excludes halogenated alkanes) is 1. The van der Waals surface area contributed by atoms with E-state index in [1.54, 1.807) is 0 Å². The van der Waals surface area contributed by atoms with Crippen LogP contribution in [0.25, 0.3) is 0 Å². The summed E-state index contributed by atoms with van der Waals surface area (Å²) in [6.07, 6.45) is 13.6. The first-order chi connectivity index (χ1) is 20.0. The van der Waals surface area contributed by atoms with Gasteiger partial charge in [-0.1, -0.05) is 67.7 Å². The zero-order valence-corrected chi connectivity index (χ0v) is 24.9. The number of ether oxygens (including phenoxy) is 1. The number of hydrogen-bond donors (Lipinski definition) is 7. The van der Waals surface area contributed by atoms with Gasteiger partial charge in [0.2, 0.25) is 0 Å². The van der Waals surface area contributed by atoms with Crippen LogP contribution < -0.4 is 0 Å². The third kappa shape index (κ3) is 16.0. The number of aliphatic hydroxyl groups is 6. The van der Waals surface area contributed by atoms with Crippen molar-refractivity contribution in [3.63, 3.8) is 0 Å². The van der Waals surface area contributed by atoms with Crippen LogP contribution in [0.5, 0.6) is 0 Å². The Bertz CT molecular complexity index is 931. The molecule has 0 bridgehead atoms. The maximum Gasteiger partial charge on any atom is 0.472 e. The van der Waals surface area contributed by atoms with E-state index < -0.39 is 69.7 Å². The van der Waals surface area contributed by atoms with Crippen LogP contribution in [0, 0.1) is 0 Å². The smallest absolute Gasteiger partial charge is 0.463 e. The molecule has 12 nitrogen and oxygen atoms in total. The van der Waals surface area contributed by atoms with Crippen molar-refractivity contribution in [3.05, 3.63) is 60.8 Å². The molecule has 0 radical (unpaired) electrons.